The second-order valence-electron chi connectivity index (χ2n) is 1.75. The molecule has 4 nitrogen and oxygen atoms in total. The van der Waals surface area contributed by atoms with E-state index in [0.717, 1.165) is 0 Å². The molecule has 9 heavy (non-hydrogen) atoms. The van der Waals surface area contributed by atoms with Crippen molar-refractivity contribution in [2.75, 3.05) is 0 Å². The SMILES string of the molecule is Cc1n[nH]cc1C(N)=O. The number of amides is 1. The Labute approximate surface area is 52.1 Å². The first-order valence-corrected chi connectivity index (χ1v) is 2.52. The predicted molar refractivity (Wildman–Crippen MR) is 31.8 cm³/mol. The maximum absolute atomic E-state index is 10.4. The molecule has 0 saturated heterocycles. The number of primary amides is 1. The molecule has 1 aromatic rings. The lowest BCUT2D eigenvalue weighted by Gasteiger charge is -1.85. The molecule has 0 unspecified atom stereocenters. The summed E-state index contributed by atoms with van der Waals surface area (Å²) in [6, 6.07) is 0. The first-order chi connectivity index (χ1) is 4.22. The summed E-state index contributed by atoms with van der Waals surface area (Å²) in [6.45, 7) is 1.72. The number of aryl methyl sites for hydroxylation is 1. The van der Waals surface area contributed by atoms with Gasteiger partial charge in [-0.05, 0) is 6.92 Å². The van der Waals surface area contributed by atoms with Crippen LogP contribution in [0, 0.1) is 6.92 Å². The summed E-state index contributed by atoms with van der Waals surface area (Å²) in [4.78, 5) is 10.4. The minimum absolute atomic E-state index is 0.443. The Bertz CT molecular complexity index is 228. The fraction of sp³-hybridized carbons (Fsp3) is 0.200. The smallest absolute Gasteiger partial charge is 0.252 e. The van der Waals surface area contributed by atoms with Crippen LogP contribution in [-0.4, -0.2) is 16.1 Å². The second kappa shape index (κ2) is 1.89. The van der Waals surface area contributed by atoms with Crippen LogP contribution in [0.25, 0.3) is 0 Å². The van der Waals surface area contributed by atoms with Gasteiger partial charge < -0.3 is 5.73 Å². The zero-order valence-electron chi connectivity index (χ0n) is 5.01. The van der Waals surface area contributed by atoms with E-state index in [0.29, 0.717) is 11.3 Å². The minimum Gasteiger partial charge on any atom is -0.365 e. The summed E-state index contributed by atoms with van der Waals surface area (Å²) in [5.74, 6) is -0.443. The average molecular weight is 125 g/mol. The van der Waals surface area contributed by atoms with E-state index in [4.69, 9.17) is 5.73 Å². The van der Waals surface area contributed by atoms with Gasteiger partial charge in [0, 0.05) is 6.20 Å². The third-order valence-corrected chi connectivity index (χ3v) is 1.10. The zero-order valence-corrected chi connectivity index (χ0v) is 5.01. The van der Waals surface area contributed by atoms with Gasteiger partial charge in [0.15, 0.2) is 0 Å². The van der Waals surface area contributed by atoms with E-state index in [1.54, 1.807) is 6.92 Å². The third kappa shape index (κ3) is 0.910. The van der Waals surface area contributed by atoms with Crippen LogP contribution in [0.4, 0.5) is 0 Å². The number of nitrogens with two attached hydrogens (primary N) is 1. The highest BCUT2D eigenvalue weighted by molar-refractivity contribution is 5.93. The largest absolute Gasteiger partial charge is 0.365 e. The van der Waals surface area contributed by atoms with Gasteiger partial charge >= 0.3 is 0 Å². The van der Waals surface area contributed by atoms with Crippen molar-refractivity contribution in [1.29, 1.82) is 0 Å². The van der Waals surface area contributed by atoms with Gasteiger partial charge in [-0.3, -0.25) is 9.89 Å². The number of hydrogen-bond acceptors (Lipinski definition) is 2. The molecule has 0 radical (unpaired) electrons. The van der Waals surface area contributed by atoms with Crippen molar-refractivity contribution in [1.82, 2.24) is 10.2 Å². The Morgan fingerprint density at radius 3 is 2.78 bits per heavy atom. The highest BCUT2D eigenvalue weighted by atomic mass is 16.1. The van der Waals surface area contributed by atoms with Gasteiger partial charge in [-0.2, -0.15) is 5.10 Å². The van der Waals surface area contributed by atoms with Crippen LogP contribution in [0.1, 0.15) is 16.1 Å². The number of H-pyrrole nitrogens is 1. The Hall–Kier alpha value is -1.32. The van der Waals surface area contributed by atoms with Crippen LogP contribution in [0.15, 0.2) is 6.20 Å². The van der Waals surface area contributed by atoms with E-state index >= 15 is 0 Å². The van der Waals surface area contributed by atoms with Crippen molar-refractivity contribution in [2.24, 2.45) is 5.73 Å². The molecule has 0 aliphatic rings. The van der Waals surface area contributed by atoms with E-state index in [1.165, 1.54) is 6.20 Å². The summed E-state index contributed by atoms with van der Waals surface area (Å²) in [7, 11) is 0. The van der Waals surface area contributed by atoms with E-state index < -0.39 is 5.91 Å². The van der Waals surface area contributed by atoms with Gasteiger partial charge in [-0.1, -0.05) is 0 Å². The predicted octanol–water partition coefficient (Wildman–Crippen LogP) is -0.183. The lowest BCUT2D eigenvalue weighted by molar-refractivity contribution is 0.1000. The summed E-state index contributed by atoms with van der Waals surface area (Å²) < 4.78 is 0. The molecule has 3 N–H and O–H groups in total. The molecule has 0 bridgehead atoms. The molecule has 1 amide bonds. The Balaban J connectivity index is 3.08. The molecule has 48 valence electrons. The van der Waals surface area contributed by atoms with Crippen LogP contribution in [0.5, 0.6) is 0 Å². The molecular weight excluding hydrogens is 118 g/mol. The molecule has 1 rings (SSSR count). The number of aromatic amines is 1. The Kier molecular flexibility index (Phi) is 1.22. The van der Waals surface area contributed by atoms with Crippen LogP contribution in [-0.2, 0) is 0 Å². The Morgan fingerprint density at radius 2 is 2.56 bits per heavy atom. The second-order valence-corrected chi connectivity index (χ2v) is 1.75. The standard InChI is InChI=1S/C5H7N3O/c1-3-4(5(6)9)2-7-8-3/h2H,1H3,(H2,6,9)(H,7,8). The maximum atomic E-state index is 10.4. The topological polar surface area (TPSA) is 71.8 Å². The Morgan fingerprint density at radius 1 is 1.89 bits per heavy atom. The summed E-state index contributed by atoms with van der Waals surface area (Å²) in [5.41, 5.74) is 6.06. The number of nitrogens with one attached hydrogen (secondary N) is 1. The first kappa shape index (κ1) is 5.81. The lowest BCUT2D eigenvalue weighted by atomic mass is 10.3. The monoisotopic (exact) mass is 125 g/mol. The van der Waals surface area contributed by atoms with Gasteiger partial charge in [-0.25, -0.2) is 0 Å². The third-order valence-electron chi connectivity index (χ3n) is 1.10. The molecule has 0 atom stereocenters. The van der Waals surface area contributed by atoms with Gasteiger partial charge in [0.2, 0.25) is 0 Å². The summed E-state index contributed by atoms with van der Waals surface area (Å²) >= 11 is 0. The first-order valence-electron chi connectivity index (χ1n) is 2.52. The number of nitrogens with zero attached hydrogens (tertiary/aromatic N) is 1. The molecule has 0 spiro atoms. The quantitative estimate of drug-likeness (QED) is 0.546. The maximum Gasteiger partial charge on any atom is 0.252 e. The van der Waals surface area contributed by atoms with E-state index in [2.05, 4.69) is 10.2 Å². The van der Waals surface area contributed by atoms with Crippen molar-refractivity contribution in [3.05, 3.63) is 17.5 Å². The minimum atomic E-state index is -0.443. The molecule has 4 heteroatoms. The van der Waals surface area contributed by atoms with Crippen molar-refractivity contribution in [3.63, 3.8) is 0 Å². The molecule has 1 heterocycles. The highest BCUT2D eigenvalue weighted by Gasteiger charge is 2.04. The average Bonchev–Trinajstić information content (AvgIpc) is 2.13. The summed E-state index contributed by atoms with van der Waals surface area (Å²) in [5, 5.41) is 6.24. The van der Waals surface area contributed by atoms with E-state index in [-0.39, 0.29) is 0 Å². The van der Waals surface area contributed by atoms with Gasteiger partial charge in [-0.15, -0.1) is 0 Å². The van der Waals surface area contributed by atoms with Crippen molar-refractivity contribution < 1.29 is 4.79 Å². The van der Waals surface area contributed by atoms with Crippen LogP contribution in [0.2, 0.25) is 0 Å². The van der Waals surface area contributed by atoms with Crippen LogP contribution >= 0.6 is 0 Å². The number of rotatable bonds is 1. The van der Waals surface area contributed by atoms with Gasteiger partial charge in [0.25, 0.3) is 5.91 Å². The summed E-state index contributed by atoms with van der Waals surface area (Å²) in [6.07, 6.45) is 1.48. The number of aromatic nitrogens is 2. The molecular formula is C5H7N3O. The van der Waals surface area contributed by atoms with Gasteiger partial charge in [0.1, 0.15) is 0 Å². The highest BCUT2D eigenvalue weighted by Crippen LogP contribution is 1.98. The number of hydrogen-bond donors (Lipinski definition) is 2. The van der Waals surface area contributed by atoms with Crippen molar-refractivity contribution >= 4 is 5.91 Å². The van der Waals surface area contributed by atoms with Gasteiger partial charge in [0.05, 0.1) is 11.3 Å². The van der Waals surface area contributed by atoms with E-state index in [9.17, 15) is 4.79 Å². The molecule has 0 fully saturated rings. The van der Waals surface area contributed by atoms with Crippen molar-refractivity contribution in [3.8, 4) is 0 Å². The molecule has 0 aliphatic carbocycles. The molecule has 0 aliphatic heterocycles. The molecule has 1 aromatic heterocycles. The molecule has 0 aromatic carbocycles. The normalized spacial score (nSPS) is 9.44. The number of carbonyl (C=O) groups excluding carboxylic acids is 1. The van der Waals surface area contributed by atoms with Crippen LogP contribution < -0.4 is 5.73 Å². The van der Waals surface area contributed by atoms with Crippen LogP contribution in [0.3, 0.4) is 0 Å². The van der Waals surface area contributed by atoms with E-state index in [1.807, 2.05) is 0 Å². The lowest BCUT2D eigenvalue weighted by Crippen LogP contribution is -2.10. The fourth-order valence-electron chi connectivity index (χ4n) is 0.608. The van der Waals surface area contributed by atoms with Crippen molar-refractivity contribution in [2.45, 2.75) is 6.92 Å². The zero-order chi connectivity index (χ0) is 6.85. The fourth-order valence-corrected chi connectivity index (χ4v) is 0.608. The number of carbonyl (C=O) groups is 1. The molecule has 0 saturated carbocycles.